The van der Waals surface area contributed by atoms with Gasteiger partial charge in [0, 0.05) is 25.5 Å². The van der Waals surface area contributed by atoms with Crippen LogP contribution >= 0.6 is 0 Å². The molecule has 0 aliphatic carbocycles. The fourth-order valence-electron chi connectivity index (χ4n) is 2.72. The van der Waals surface area contributed by atoms with Gasteiger partial charge in [0.2, 0.25) is 0 Å². The van der Waals surface area contributed by atoms with E-state index in [-0.39, 0.29) is 5.91 Å². The summed E-state index contributed by atoms with van der Waals surface area (Å²) in [7, 11) is 3.79. The van der Waals surface area contributed by atoms with Crippen LogP contribution in [0.4, 0.5) is 11.4 Å². The minimum absolute atomic E-state index is 0.0678. The van der Waals surface area contributed by atoms with Crippen LogP contribution in [0.25, 0.3) is 0 Å². The molecule has 0 atom stereocenters. The summed E-state index contributed by atoms with van der Waals surface area (Å²) in [5.41, 5.74) is 7.09. The molecule has 1 aliphatic heterocycles. The number of rotatable bonds is 4. The van der Waals surface area contributed by atoms with Gasteiger partial charge >= 0.3 is 0 Å². The predicted molar refractivity (Wildman–Crippen MR) is 80.9 cm³/mol. The van der Waals surface area contributed by atoms with E-state index < -0.39 is 5.60 Å². The lowest BCUT2D eigenvalue weighted by Crippen LogP contribution is -2.63. The van der Waals surface area contributed by atoms with E-state index in [1.165, 1.54) is 0 Å². The highest BCUT2D eigenvalue weighted by molar-refractivity contribution is 6.01. The van der Waals surface area contributed by atoms with Crippen LogP contribution in [0.15, 0.2) is 18.2 Å². The molecule has 0 radical (unpaired) electrons. The first kappa shape index (κ1) is 14.7. The maximum atomic E-state index is 12.5. The van der Waals surface area contributed by atoms with E-state index in [0.717, 1.165) is 18.5 Å². The Balaban J connectivity index is 2.17. The third-order valence-electron chi connectivity index (χ3n) is 3.71. The Morgan fingerprint density at radius 1 is 1.45 bits per heavy atom. The van der Waals surface area contributed by atoms with E-state index in [9.17, 15) is 9.90 Å². The van der Waals surface area contributed by atoms with E-state index in [2.05, 4.69) is 0 Å². The molecule has 5 nitrogen and oxygen atoms in total. The van der Waals surface area contributed by atoms with Crippen molar-refractivity contribution in [2.24, 2.45) is 0 Å². The molecular weight excluding hydrogens is 254 g/mol. The molecule has 3 N–H and O–H groups in total. The van der Waals surface area contributed by atoms with Gasteiger partial charge in [-0.25, -0.2) is 0 Å². The van der Waals surface area contributed by atoms with Crippen molar-refractivity contribution >= 4 is 17.3 Å². The molecule has 0 aromatic heterocycles. The lowest BCUT2D eigenvalue weighted by Gasteiger charge is -2.46. The average Bonchev–Trinajstić information content (AvgIpc) is 2.34. The van der Waals surface area contributed by atoms with Crippen molar-refractivity contribution in [1.29, 1.82) is 0 Å². The van der Waals surface area contributed by atoms with Crippen molar-refractivity contribution in [3.8, 4) is 0 Å². The molecule has 1 heterocycles. The largest absolute Gasteiger partial charge is 0.399 e. The number of nitrogens with two attached hydrogens (primary N) is 1. The first-order chi connectivity index (χ1) is 9.36. The Bertz CT molecular complexity index is 508. The van der Waals surface area contributed by atoms with E-state index >= 15 is 0 Å². The summed E-state index contributed by atoms with van der Waals surface area (Å²) in [6.45, 7) is 2.84. The molecule has 1 aliphatic rings. The van der Waals surface area contributed by atoms with Gasteiger partial charge in [0.1, 0.15) is 0 Å². The van der Waals surface area contributed by atoms with Crippen LogP contribution in [-0.2, 0) is 0 Å². The molecule has 1 fully saturated rings. The molecule has 20 heavy (non-hydrogen) atoms. The van der Waals surface area contributed by atoms with Crippen molar-refractivity contribution < 1.29 is 9.90 Å². The molecule has 1 aromatic carbocycles. The maximum absolute atomic E-state index is 12.5. The molecular formula is C15H23N3O2. The molecule has 1 saturated heterocycles. The fourth-order valence-corrected chi connectivity index (χ4v) is 2.72. The van der Waals surface area contributed by atoms with Gasteiger partial charge in [0.15, 0.2) is 0 Å². The zero-order valence-corrected chi connectivity index (χ0v) is 12.4. The summed E-state index contributed by atoms with van der Waals surface area (Å²) in [5.74, 6) is -0.0678. The molecule has 0 saturated carbocycles. The second kappa shape index (κ2) is 5.32. The normalized spacial score (nSPS) is 16.7. The van der Waals surface area contributed by atoms with Gasteiger partial charge in [-0.05, 0) is 24.6 Å². The number of β-amino-alcohol motifs (C(OH)–C–C–N with tert-alkyl or cyclic N) is 1. The quantitative estimate of drug-likeness (QED) is 0.814. The van der Waals surface area contributed by atoms with Crippen LogP contribution in [0.2, 0.25) is 0 Å². The second-order valence-electron chi connectivity index (χ2n) is 5.81. The smallest absolute Gasteiger partial charge is 0.256 e. The number of carbonyl (C=O) groups is 1. The van der Waals surface area contributed by atoms with Crippen LogP contribution in [0.5, 0.6) is 0 Å². The molecule has 2 rings (SSSR count). The van der Waals surface area contributed by atoms with Crippen molar-refractivity contribution in [2.75, 3.05) is 37.8 Å². The van der Waals surface area contributed by atoms with E-state index in [0.29, 0.717) is 24.3 Å². The van der Waals surface area contributed by atoms with Crippen LogP contribution in [-0.4, -0.2) is 48.7 Å². The van der Waals surface area contributed by atoms with E-state index in [1.54, 1.807) is 17.0 Å². The number of carbonyl (C=O) groups excluding carboxylic acids is 1. The number of anilines is 2. The van der Waals surface area contributed by atoms with Gasteiger partial charge in [-0.3, -0.25) is 4.79 Å². The number of nitrogen functional groups attached to an aromatic ring is 1. The average molecular weight is 277 g/mol. The third-order valence-corrected chi connectivity index (χ3v) is 3.71. The van der Waals surface area contributed by atoms with Gasteiger partial charge in [-0.2, -0.15) is 0 Å². The number of nitrogens with zero attached hydrogens (tertiary/aromatic N) is 2. The molecule has 0 spiro atoms. The Hall–Kier alpha value is -1.75. The summed E-state index contributed by atoms with van der Waals surface area (Å²) < 4.78 is 0. The van der Waals surface area contributed by atoms with Gasteiger partial charge in [-0.15, -0.1) is 0 Å². The zero-order valence-electron chi connectivity index (χ0n) is 12.4. The highest BCUT2D eigenvalue weighted by atomic mass is 16.3. The number of benzene rings is 1. The zero-order chi connectivity index (χ0) is 14.9. The van der Waals surface area contributed by atoms with Gasteiger partial charge in [-0.1, -0.05) is 13.3 Å². The van der Waals surface area contributed by atoms with Gasteiger partial charge in [0.25, 0.3) is 5.91 Å². The monoisotopic (exact) mass is 277 g/mol. The van der Waals surface area contributed by atoms with Crippen molar-refractivity contribution in [2.45, 2.75) is 25.4 Å². The molecule has 110 valence electrons. The first-order valence-corrected chi connectivity index (χ1v) is 6.95. The lowest BCUT2D eigenvalue weighted by molar-refractivity contribution is -0.0859. The van der Waals surface area contributed by atoms with Gasteiger partial charge < -0.3 is 20.6 Å². The Morgan fingerprint density at radius 3 is 2.65 bits per heavy atom. The highest BCUT2D eigenvalue weighted by Crippen LogP contribution is 2.30. The summed E-state index contributed by atoms with van der Waals surface area (Å²) in [4.78, 5) is 16.1. The van der Waals surface area contributed by atoms with Crippen molar-refractivity contribution in [1.82, 2.24) is 4.90 Å². The standard InChI is InChI=1S/C15H23N3O2/c1-4-7-15(20)9-18(10-15)14(19)12-8-11(16)5-6-13(12)17(2)3/h5-6,8,20H,4,7,9-10,16H2,1-3H3. The Labute approximate surface area is 120 Å². The van der Waals surface area contributed by atoms with Crippen LogP contribution < -0.4 is 10.6 Å². The minimum Gasteiger partial charge on any atom is -0.399 e. The van der Waals surface area contributed by atoms with Crippen LogP contribution in [0.3, 0.4) is 0 Å². The second-order valence-corrected chi connectivity index (χ2v) is 5.81. The van der Waals surface area contributed by atoms with E-state index in [1.807, 2.05) is 32.0 Å². The summed E-state index contributed by atoms with van der Waals surface area (Å²) >= 11 is 0. The van der Waals surface area contributed by atoms with E-state index in [4.69, 9.17) is 5.73 Å². The number of hydrogen-bond donors (Lipinski definition) is 2. The van der Waals surface area contributed by atoms with Crippen molar-refractivity contribution in [3.05, 3.63) is 23.8 Å². The molecule has 1 amide bonds. The fraction of sp³-hybridized carbons (Fsp3) is 0.533. The highest BCUT2D eigenvalue weighted by Gasteiger charge is 2.43. The third kappa shape index (κ3) is 2.72. The van der Waals surface area contributed by atoms with Crippen LogP contribution in [0, 0.1) is 0 Å². The lowest BCUT2D eigenvalue weighted by atomic mass is 9.88. The van der Waals surface area contributed by atoms with Crippen molar-refractivity contribution in [3.63, 3.8) is 0 Å². The summed E-state index contributed by atoms with van der Waals surface area (Å²) in [5, 5.41) is 10.2. The molecule has 0 unspecified atom stereocenters. The van der Waals surface area contributed by atoms with Gasteiger partial charge in [0.05, 0.1) is 24.3 Å². The van der Waals surface area contributed by atoms with Crippen LogP contribution in [0.1, 0.15) is 30.1 Å². The number of likely N-dealkylation sites (tertiary alicyclic amines) is 1. The predicted octanol–water partition coefficient (Wildman–Crippen LogP) is 1.32. The maximum Gasteiger partial charge on any atom is 0.256 e. The molecule has 0 bridgehead atoms. The first-order valence-electron chi connectivity index (χ1n) is 6.95. The minimum atomic E-state index is -0.705. The summed E-state index contributed by atoms with van der Waals surface area (Å²) in [6.07, 6.45) is 1.65. The molecule has 5 heteroatoms. The topological polar surface area (TPSA) is 69.8 Å². The Kier molecular flexibility index (Phi) is 3.90. The number of aliphatic hydroxyl groups is 1. The molecule has 1 aromatic rings. The SMILES string of the molecule is CCCC1(O)CN(C(=O)c2cc(N)ccc2N(C)C)C1. The summed E-state index contributed by atoms with van der Waals surface area (Å²) in [6, 6.07) is 5.34. The number of amides is 1. The Morgan fingerprint density at radius 2 is 2.10 bits per heavy atom. The number of hydrogen-bond acceptors (Lipinski definition) is 4.